The number of aromatic nitrogens is 1. The van der Waals surface area contributed by atoms with E-state index in [0.29, 0.717) is 11.6 Å². The molecule has 2 bridgehead atoms. The van der Waals surface area contributed by atoms with Crippen molar-refractivity contribution >= 4 is 11.8 Å². The number of fused-ring (bicyclic) bond motifs is 3. The maximum absolute atomic E-state index is 13.0. The molecule has 2 aromatic rings. The van der Waals surface area contributed by atoms with Crippen LogP contribution in [0.4, 0.5) is 14.9 Å². The number of carbonyl (C=O) groups excluding carboxylic acids is 1. The molecule has 26 heavy (non-hydrogen) atoms. The van der Waals surface area contributed by atoms with Crippen LogP contribution in [0.5, 0.6) is 0 Å². The van der Waals surface area contributed by atoms with Gasteiger partial charge in [0.05, 0.1) is 6.04 Å². The number of benzene rings is 1. The highest BCUT2D eigenvalue weighted by atomic mass is 19.1. The first-order chi connectivity index (χ1) is 12.7. The Hall–Kier alpha value is -2.47. The summed E-state index contributed by atoms with van der Waals surface area (Å²) in [6, 6.07) is 9.85. The third-order valence-corrected chi connectivity index (χ3v) is 5.39. The third kappa shape index (κ3) is 3.70. The van der Waals surface area contributed by atoms with E-state index in [-0.39, 0.29) is 18.0 Å². The van der Waals surface area contributed by atoms with Crippen molar-refractivity contribution in [1.82, 2.24) is 9.88 Å². The number of ether oxygens (including phenoxy) is 1. The number of amides is 1. The van der Waals surface area contributed by atoms with E-state index in [1.165, 1.54) is 24.3 Å². The fourth-order valence-electron chi connectivity index (χ4n) is 4.09. The van der Waals surface area contributed by atoms with Crippen LogP contribution in [0.25, 0.3) is 0 Å². The van der Waals surface area contributed by atoms with Gasteiger partial charge in [0, 0.05) is 24.0 Å². The molecule has 3 aliphatic rings. The van der Waals surface area contributed by atoms with Crippen molar-refractivity contribution in [3.05, 3.63) is 60.2 Å². The van der Waals surface area contributed by atoms with Gasteiger partial charge in [0.15, 0.2) is 0 Å². The largest absolute Gasteiger partial charge is 0.444 e. The standard InChI is InChI=1S/C20H22FN3O2/c21-16-3-5-17(6-4-16)23-20(25)26-19-15-7-10-24(11-8-15)18(19)12-14-2-1-9-22-13-14/h1-6,9,13,15,18-19H,7-8,10-12H2,(H,23,25). The second kappa shape index (κ2) is 7.41. The molecule has 2 unspecified atom stereocenters. The molecule has 3 saturated heterocycles. The summed E-state index contributed by atoms with van der Waals surface area (Å²) in [7, 11) is 0. The highest BCUT2D eigenvalue weighted by Gasteiger charge is 2.44. The lowest BCUT2D eigenvalue weighted by Crippen LogP contribution is -2.60. The van der Waals surface area contributed by atoms with Crippen molar-refractivity contribution < 1.29 is 13.9 Å². The molecular weight excluding hydrogens is 333 g/mol. The van der Waals surface area contributed by atoms with Gasteiger partial charge in [-0.05, 0) is 68.2 Å². The van der Waals surface area contributed by atoms with Crippen molar-refractivity contribution in [3.8, 4) is 0 Å². The van der Waals surface area contributed by atoms with Crippen LogP contribution in [0.1, 0.15) is 18.4 Å². The average molecular weight is 355 g/mol. The Bertz CT molecular complexity index is 745. The average Bonchev–Trinajstić information content (AvgIpc) is 2.67. The van der Waals surface area contributed by atoms with Crippen LogP contribution in [0.3, 0.4) is 0 Å². The number of carbonyl (C=O) groups is 1. The van der Waals surface area contributed by atoms with Gasteiger partial charge < -0.3 is 4.74 Å². The molecule has 3 fully saturated rings. The lowest BCUT2D eigenvalue weighted by atomic mass is 9.78. The van der Waals surface area contributed by atoms with Gasteiger partial charge in [-0.2, -0.15) is 0 Å². The SMILES string of the molecule is O=C(Nc1ccc(F)cc1)OC1C2CCN(CC2)C1Cc1cccnc1. The maximum atomic E-state index is 13.0. The van der Waals surface area contributed by atoms with Gasteiger partial charge in [0.2, 0.25) is 0 Å². The fourth-order valence-corrected chi connectivity index (χ4v) is 4.09. The molecule has 1 aromatic heterocycles. The summed E-state index contributed by atoms with van der Waals surface area (Å²) in [6.07, 6.45) is 5.94. The molecule has 0 radical (unpaired) electrons. The Balaban J connectivity index is 1.45. The predicted molar refractivity (Wildman–Crippen MR) is 96.3 cm³/mol. The van der Waals surface area contributed by atoms with Gasteiger partial charge in [0.25, 0.3) is 0 Å². The number of rotatable bonds is 4. The van der Waals surface area contributed by atoms with Gasteiger partial charge in [-0.3, -0.25) is 15.2 Å². The lowest BCUT2D eigenvalue weighted by Gasteiger charge is -2.50. The Morgan fingerprint density at radius 2 is 2.00 bits per heavy atom. The summed E-state index contributed by atoms with van der Waals surface area (Å²) in [5.41, 5.74) is 1.68. The van der Waals surface area contributed by atoms with Crippen LogP contribution < -0.4 is 5.32 Å². The molecular formula is C20H22FN3O2. The minimum absolute atomic E-state index is 0.141. The van der Waals surface area contributed by atoms with Crippen LogP contribution in [0.2, 0.25) is 0 Å². The second-order valence-corrected chi connectivity index (χ2v) is 7.01. The molecule has 3 aliphatic heterocycles. The van der Waals surface area contributed by atoms with E-state index in [2.05, 4.69) is 21.3 Å². The van der Waals surface area contributed by atoms with E-state index in [4.69, 9.17) is 4.74 Å². The Morgan fingerprint density at radius 3 is 2.69 bits per heavy atom. The molecule has 0 spiro atoms. The Morgan fingerprint density at radius 1 is 1.23 bits per heavy atom. The van der Waals surface area contributed by atoms with Crippen molar-refractivity contribution in [1.29, 1.82) is 0 Å². The second-order valence-electron chi connectivity index (χ2n) is 7.01. The van der Waals surface area contributed by atoms with Crippen LogP contribution in [0.15, 0.2) is 48.8 Å². The monoisotopic (exact) mass is 355 g/mol. The highest BCUT2D eigenvalue weighted by Crippen LogP contribution is 2.36. The van der Waals surface area contributed by atoms with Crippen molar-refractivity contribution in [2.24, 2.45) is 5.92 Å². The number of hydrogen-bond donors (Lipinski definition) is 1. The van der Waals surface area contributed by atoms with Crippen LogP contribution >= 0.6 is 0 Å². The summed E-state index contributed by atoms with van der Waals surface area (Å²) in [5, 5.41) is 2.70. The van der Waals surface area contributed by atoms with E-state index in [9.17, 15) is 9.18 Å². The quantitative estimate of drug-likeness (QED) is 0.912. The maximum Gasteiger partial charge on any atom is 0.411 e. The molecule has 1 aromatic carbocycles. The molecule has 1 N–H and O–H groups in total. The van der Waals surface area contributed by atoms with E-state index < -0.39 is 6.09 Å². The Labute approximate surface area is 152 Å². The minimum atomic E-state index is -0.480. The number of halogens is 1. The molecule has 0 saturated carbocycles. The first-order valence-corrected chi connectivity index (χ1v) is 9.05. The van der Waals surface area contributed by atoms with E-state index in [1.54, 1.807) is 6.20 Å². The minimum Gasteiger partial charge on any atom is -0.444 e. The molecule has 1 amide bonds. The van der Waals surface area contributed by atoms with Crippen molar-refractivity contribution in [2.75, 3.05) is 18.4 Å². The van der Waals surface area contributed by atoms with E-state index >= 15 is 0 Å². The van der Waals surface area contributed by atoms with Crippen molar-refractivity contribution in [2.45, 2.75) is 31.4 Å². The number of piperidine rings is 3. The van der Waals surface area contributed by atoms with Gasteiger partial charge in [-0.15, -0.1) is 0 Å². The molecule has 5 nitrogen and oxygen atoms in total. The summed E-state index contributed by atoms with van der Waals surface area (Å²) >= 11 is 0. The summed E-state index contributed by atoms with van der Waals surface area (Å²) in [5.74, 6) is 0.0541. The number of pyridine rings is 1. The molecule has 4 heterocycles. The van der Waals surface area contributed by atoms with E-state index in [1.807, 2.05) is 12.3 Å². The zero-order valence-electron chi connectivity index (χ0n) is 14.5. The van der Waals surface area contributed by atoms with Crippen LogP contribution in [0, 0.1) is 11.7 Å². The molecule has 2 atom stereocenters. The van der Waals surface area contributed by atoms with Crippen LogP contribution in [-0.4, -0.2) is 41.2 Å². The third-order valence-electron chi connectivity index (χ3n) is 5.39. The van der Waals surface area contributed by atoms with Gasteiger partial charge in [-0.1, -0.05) is 6.07 Å². The first kappa shape index (κ1) is 17.0. The zero-order chi connectivity index (χ0) is 17.9. The fraction of sp³-hybridized carbons (Fsp3) is 0.400. The van der Waals surface area contributed by atoms with Gasteiger partial charge in [-0.25, -0.2) is 9.18 Å². The van der Waals surface area contributed by atoms with Crippen molar-refractivity contribution in [3.63, 3.8) is 0 Å². The Kier molecular flexibility index (Phi) is 4.84. The van der Waals surface area contributed by atoms with Crippen LogP contribution in [-0.2, 0) is 11.2 Å². The van der Waals surface area contributed by atoms with Gasteiger partial charge in [0.1, 0.15) is 11.9 Å². The lowest BCUT2D eigenvalue weighted by molar-refractivity contribution is -0.0741. The van der Waals surface area contributed by atoms with E-state index in [0.717, 1.165) is 37.9 Å². The predicted octanol–water partition coefficient (Wildman–Crippen LogP) is 3.47. The molecule has 0 aliphatic carbocycles. The molecule has 6 heteroatoms. The summed E-state index contributed by atoms with van der Waals surface area (Å²) < 4.78 is 18.8. The molecule has 5 rings (SSSR count). The number of anilines is 1. The summed E-state index contributed by atoms with van der Waals surface area (Å²) in [4.78, 5) is 19.0. The smallest absolute Gasteiger partial charge is 0.411 e. The summed E-state index contributed by atoms with van der Waals surface area (Å²) in [6.45, 7) is 2.10. The number of nitrogens with zero attached hydrogens (tertiary/aromatic N) is 2. The number of hydrogen-bond acceptors (Lipinski definition) is 4. The number of nitrogens with one attached hydrogen (secondary N) is 1. The first-order valence-electron chi connectivity index (χ1n) is 9.05. The molecule has 136 valence electrons. The topological polar surface area (TPSA) is 54.5 Å². The zero-order valence-corrected chi connectivity index (χ0v) is 14.5. The normalized spacial score (nSPS) is 27.1. The highest BCUT2D eigenvalue weighted by molar-refractivity contribution is 5.84. The van der Waals surface area contributed by atoms with Gasteiger partial charge >= 0.3 is 6.09 Å².